The maximum absolute atomic E-state index is 13.0. The van der Waals surface area contributed by atoms with E-state index >= 15 is 0 Å². The van der Waals surface area contributed by atoms with E-state index in [1.807, 2.05) is 49.4 Å². The second kappa shape index (κ2) is 5.43. The fourth-order valence-electron chi connectivity index (χ4n) is 2.65. The van der Waals surface area contributed by atoms with E-state index in [4.69, 9.17) is 4.52 Å². The Kier molecular flexibility index (Phi) is 3.64. The largest absolute Gasteiger partial charge is 0.357 e. The van der Waals surface area contributed by atoms with E-state index in [1.54, 1.807) is 0 Å². The summed E-state index contributed by atoms with van der Waals surface area (Å²) in [5.74, 6) is 0. The summed E-state index contributed by atoms with van der Waals surface area (Å²) in [6.07, 6.45) is 0.467. The van der Waals surface area contributed by atoms with Gasteiger partial charge in [0.25, 0.3) is 7.37 Å². The SMILES string of the molecule is CCOP1(=O)CN(Cc2ccccc2)c2ccccc21. The topological polar surface area (TPSA) is 29.5 Å². The molecule has 1 heterocycles. The van der Waals surface area contributed by atoms with Crippen molar-refractivity contribution in [2.45, 2.75) is 13.5 Å². The van der Waals surface area contributed by atoms with Crippen molar-refractivity contribution in [2.24, 2.45) is 0 Å². The lowest BCUT2D eigenvalue weighted by Gasteiger charge is -2.19. The van der Waals surface area contributed by atoms with Gasteiger partial charge in [-0.2, -0.15) is 0 Å². The predicted molar refractivity (Wildman–Crippen MR) is 82.8 cm³/mol. The van der Waals surface area contributed by atoms with Crippen LogP contribution in [0.5, 0.6) is 0 Å². The summed E-state index contributed by atoms with van der Waals surface area (Å²) in [5.41, 5.74) is 2.25. The molecule has 0 aromatic heterocycles. The zero-order valence-electron chi connectivity index (χ0n) is 11.5. The van der Waals surface area contributed by atoms with E-state index in [1.165, 1.54) is 5.56 Å². The van der Waals surface area contributed by atoms with E-state index in [2.05, 4.69) is 17.0 Å². The molecule has 20 heavy (non-hydrogen) atoms. The maximum Gasteiger partial charge on any atom is 0.252 e. The van der Waals surface area contributed by atoms with Gasteiger partial charge in [-0.3, -0.25) is 4.57 Å². The first-order valence-corrected chi connectivity index (χ1v) is 8.66. The molecule has 0 aliphatic carbocycles. The summed E-state index contributed by atoms with van der Waals surface area (Å²) in [6, 6.07) is 18.1. The highest BCUT2D eigenvalue weighted by atomic mass is 31.2. The average Bonchev–Trinajstić information content (AvgIpc) is 2.74. The van der Waals surface area contributed by atoms with Crippen molar-refractivity contribution < 1.29 is 9.09 Å². The molecular weight excluding hydrogens is 269 g/mol. The minimum Gasteiger partial charge on any atom is -0.357 e. The van der Waals surface area contributed by atoms with Gasteiger partial charge >= 0.3 is 0 Å². The Balaban J connectivity index is 1.93. The quantitative estimate of drug-likeness (QED) is 0.805. The van der Waals surface area contributed by atoms with Gasteiger partial charge in [0.05, 0.1) is 23.9 Å². The van der Waals surface area contributed by atoms with Gasteiger partial charge in [-0.1, -0.05) is 42.5 Å². The first-order chi connectivity index (χ1) is 9.73. The van der Waals surface area contributed by atoms with E-state index in [-0.39, 0.29) is 0 Å². The molecule has 0 amide bonds. The third-order valence-electron chi connectivity index (χ3n) is 3.50. The molecule has 1 aliphatic rings. The first kappa shape index (κ1) is 13.4. The number of hydrogen-bond acceptors (Lipinski definition) is 3. The number of benzene rings is 2. The Morgan fingerprint density at radius 2 is 1.80 bits per heavy atom. The van der Waals surface area contributed by atoms with Gasteiger partial charge in [-0.05, 0) is 24.6 Å². The molecule has 2 aromatic rings. The number of fused-ring (bicyclic) bond motifs is 1. The van der Waals surface area contributed by atoms with Crippen molar-refractivity contribution in [1.82, 2.24) is 0 Å². The predicted octanol–water partition coefficient (Wildman–Crippen LogP) is 3.60. The van der Waals surface area contributed by atoms with E-state index < -0.39 is 7.37 Å². The fourth-order valence-corrected chi connectivity index (χ4v) is 5.02. The highest BCUT2D eigenvalue weighted by Gasteiger charge is 2.38. The number of hydrogen-bond donors (Lipinski definition) is 0. The highest BCUT2D eigenvalue weighted by Crippen LogP contribution is 2.54. The third-order valence-corrected chi connectivity index (χ3v) is 6.00. The molecule has 1 aliphatic heterocycles. The van der Waals surface area contributed by atoms with Gasteiger partial charge in [0.1, 0.15) is 0 Å². The summed E-state index contributed by atoms with van der Waals surface area (Å²) in [7, 11) is -2.73. The first-order valence-electron chi connectivity index (χ1n) is 6.85. The van der Waals surface area contributed by atoms with Crippen molar-refractivity contribution in [3.05, 3.63) is 60.2 Å². The zero-order chi connectivity index (χ0) is 14.0. The van der Waals surface area contributed by atoms with Gasteiger partial charge in [-0.25, -0.2) is 0 Å². The Bertz CT molecular complexity index is 642. The van der Waals surface area contributed by atoms with Crippen LogP contribution in [0.15, 0.2) is 54.6 Å². The van der Waals surface area contributed by atoms with Crippen LogP contribution in [0.3, 0.4) is 0 Å². The van der Waals surface area contributed by atoms with Crippen LogP contribution in [-0.2, 0) is 15.6 Å². The number of nitrogens with zero attached hydrogens (tertiary/aromatic N) is 1. The second-order valence-corrected chi connectivity index (χ2v) is 7.27. The number of rotatable bonds is 4. The molecule has 1 unspecified atom stereocenters. The van der Waals surface area contributed by atoms with Crippen molar-refractivity contribution in [3.8, 4) is 0 Å². The van der Waals surface area contributed by atoms with Gasteiger partial charge in [0.15, 0.2) is 0 Å². The molecule has 0 spiro atoms. The molecule has 4 heteroatoms. The van der Waals surface area contributed by atoms with Crippen molar-refractivity contribution >= 4 is 18.4 Å². The number of para-hydroxylation sites is 1. The van der Waals surface area contributed by atoms with Crippen LogP contribution in [0.25, 0.3) is 0 Å². The summed E-state index contributed by atoms with van der Waals surface area (Å²) >= 11 is 0. The molecule has 1 atom stereocenters. The van der Waals surface area contributed by atoms with E-state index in [0.29, 0.717) is 12.9 Å². The van der Waals surface area contributed by atoms with Crippen LogP contribution < -0.4 is 10.2 Å². The Morgan fingerprint density at radius 1 is 1.10 bits per heavy atom. The summed E-state index contributed by atoms with van der Waals surface area (Å²) in [4.78, 5) is 2.15. The van der Waals surface area contributed by atoms with Crippen LogP contribution in [0.4, 0.5) is 5.69 Å². The minimum absolute atomic E-state index is 0.467. The Labute approximate surface area is 119 Å². The smallest absolute Gasteiger partial charge is 0.252 e. The van der Waals surface area contributed by atoms with E-state index in [0.717, 1.165) is 17.5 Å². The van der Waals surface area contributed by atoms with Gasteiger partial charge in [0.2, 0.25) is 0 Å². The normalized spacial score (nSPS) is 20.9. The molecule has 0 radical (unpaired) electrons. The van der Waals surface area contributed by atoms with Crippen molar-refractivity contribution in [3.63, 3.8) is 0 Å². The third kappa shape index (κ3) is 2.39. The van der Waals surface area contributed by atoms with Crippen LogP contribution in [0.1, 0.15) is 12.5 Å². The molecule has 0 saturated carbocycles. The lowest BCUT2D eigenvalue weighted by molar-refractivity contribution is 0.342. The maximum atomic E-state index is 13.0. The molecule has 0 saturated heterocycles. The Hall–Kier alpha value is -1.57. The van der Waals surface area contributed by atoms with Crippen LogP contribution in [0.2, 0.25) is 0 Å². The molecule has 3 rings (SSSR count). The molecule has 0 fully saturated rings. The lowest BCUT2D eigenvalue weighted by Crippen LogP contribution is -2.19. The summed E-state index contributed by atoms with van der Waals surface area (Å²) in [5, 5.41) is 0.859. The second-order valence-electron chi connectivity index (χ2n) is 4.90. The molecule has 0 N–H and O–H groups in total. The number of anilines is 1. The van der Waals surface area contributed by atoms with Gasteiger partial charge in [-0.15, -0.1) is 0 Å². The molecule has 3 nitrogen and oxygen atoms in total. The lowest BCUT2D eigenvalue weighted by atomic mass is 10.2. The van der Waals surface area contributed by atoms with Crippen molar-refractivity contribution in [1.29, 1.82) is 0 Å². The van der Waals surface area contributed by atoms with Crippen molar-refractivity contribution in [2.75, 3.05) is 17.8 Å². The Morgan fingerprint density at radius 3 is 2.55 bits per heavy atom. The van der Waals surface area contributed by atoms with Gasteiger partial charge in [0, 0.05) is 6.54 Å². The monoisotopic (exact) mass is 287 g/mol. The zero-order valence-corrected chi connectivity index (χ0v) is 12.4. The fraction of sp³-hybridized carbons (Fsp3) is 0.250. The van der Waals surface area contributed by atoms with Crippen LogP contribution in [-0.4, -0.2) is 12.9 Å². The van der Waals surface area contributed by atoms with Crippen LogP contribution in [0, 0.1) is 0 Å². The van der Waals surface area contributed by atoms with E-state index in [9.17, 15) is 4.57 Å². The summed E-state index contributed by atoms with van der Waals surface area (Å²) in [6.45, 7) is 3.13. The standard InChI is InChI=1S/C16H18NO2P/c1-2-19-20(18)13-17(12-14-8-4-3-5-9-14)15-10-6-7-11-16(15)20/h3-11H,2,12-13H2,1H3. The molecule has 0 bridgehead atoms. The molecule has 104 valence electrons. The van der Waals surface area contributed by atoms with Crippen LogP contribution >= 0.6 is 7.37 Å². The molecular formula is C16H18NO2P. The van der Waals surface area contributed by atoms with Gasteiger partial charge < -0.3 is 9.42 Å². The average molecular weight is 287 g/mol. The summed E-state index contributed by atoms with van der Waals surface area (Å²) < 4.78 is 18.6. The molecule has 2 aromatic carbocycles. The minimum atomic E-state index is -2.73. The highest BCUT2D eigenvalue weighted by molar-refractivity contribution is 7.68.